The summed E-state index contributed by atoms with van der Waals surface area (Å²) >= 11 is 4.78. The third-order valence-corrected chi connectivity index (χ3v) is 5.36. The van der Waals surface area contributed by atoms with Gasteiger partial charge < -0.3 is 9.64 Å². The van der Waals surface area contributed by atoms with Crippen molar-refractivity contribution in [2.45, 2.75) is 6.10 Å². The van der Waals surface area contributed by atoms with Crippen LogP contribution in [0.15, 0.2) is 46.9 Å². The highest BCUT2D eigenvalue weighted by Crippen LogP contribution is 2.32. The minimum absolute atomic E-state index is 0.153. The van der Waals surface area contributed by atoms with Crippen LogP contribution in [0.1, 0.15) is 10.4 Å². The zero-order valence-corrected chi connectivity index (χ0v) is 14.8. The van der Waals surface area contributed by atoms with E-state index in [9.17, 15) is 9.18 Å². The molecular formula is C17H12BrFN2O2S. The number of anilines is 1. The first kappa shape index (κ1) is 15.5. The summed E-state index contributed by atoms with van der Waals surface area (Å²) in [6.45, 7) is 1.20. The molecule has 0 N–H and O–H groups in total. The molecule has 1 fully saturated rings. The molecule has 0 spiro atoms. The number of carbonyl (C=O) groups excluding carboxylic acids is 1. The Balaban J connectivity index is 1.39. The number of fused-ring (bicyclic) bond motifs is 1. The summed E-state index contributed by atoms with van der Waals surface area (Å²) in [5.41, 5.74) is 1.31. The van der Waals surface area contributed by atoms with Gasteiger partial charge in [-0.1, -0.05) is 33.3 Å². The summed E-state index contributed by atoms with van der Waals surface area (Å²) < 4.78 is 20.4. The lowest BCUT2D eigenvalue weighted by molar-refractivity contribution is 0.0234. The van der Waals surface area contributed by atoms with Gasteiger partial charge in [0.25, 0.3) is 0 Å². The Hall–Kier alpha value is -1.99. The SMILES string of the molecule is O=C(OC1CN(c2nc3ccc(F)cc3s2)C1)c1cccc(Br)c1. The molecule has 0 aliphatic carbocycles. The fraction of sp³-hybridized carbons (Fsp3) is 0.176. The van der Waals surface area contributed by atoms with Crippen molar-refractivity contribution in [3.8, 4) is 0 Å². The van der Waals surface area contributed by atoms with E-state index in [0.717, 1.165) is 19.8 Å². The van der Waals surface area contributed by atoms with Gasteiger partial charge in [-0.05, 0) is 36.4 Å². The van der Waals surface area contributed by atoms with Crippen molar-refractivity contribution in [1.82, 2.24) is 4.98 Å². The maximum Gasteiger partial charge on any atom is 0.338 e. The third kappa shape index (κ3) is 3.01. The molecule has 24 heavy (non-hydrogen) atoms. The van der Waals surface area contributed by atoms with Gasteiger partial charge >= 0.3 is 5.97 Å². The quantitative estimate of drug-likeness (QED) is 0.609. The highest BCUT2D eigenvalue weighted by Gasteiger charge is 2.32. The summed E-state index contributed by atoms with van der Waals surface area (Å²) in [6.07, 6.45) is -0.153. The molecule has 1 aliphatic heterocycles. The topological polar surface area (TPSA) is 42.4 Å². The van der Waals surface area contributed by atoms with Gasteiger partial charge in [0.1, 0.15) is 11.9 Å². The van der Waals surface area contributed by atoms with Crippen LogP contribution >= 0.6 is 27.3 Å². The number of rotatable bonds is 3. The van der Waals surface area contributed by atoms with E-state index in [1.165, 1.54) is 23.5 Å². The van der Waals surface area contributed by atoms with Crippen LogP contribution < -0.4 is 4.90 Å². The Morgan fingerprint density at radius 1 is 1.29 bits per heavy atom. The molecule has 1 aromatic heterocycles. The van der Waals surface area contributed by atoms with Crippen molar-refractivity contribution in [2.75, 3.05) is 18.0 Å². The van der Waals surface area contributed by atoms with E-state index in [1.807, 2.05) is 11.0 Å². The van der Waals surface area contributed by atoms with Crippen LogP contribution in [0.4, 0.5) is 9.52 Å². The first-order chi connectivity index (χ1) is 11.6. The van der Waals surface area contributed by atoms with E-state index < -0.39 is 0 Å². The number of ether oxygens (including phenoxy) is 1. The van der Waals surface area contributed by atoms with Gasteiger partial charge in [0.05, 0.1) is 28.9 Å². The van der Waals surface area contributed by atoms with Gasteiger partial charge in [-0.2, -0.15) is 0 Å². The number of nitrogens with zero attached hydrogens (tertiary/aromatic N) is 2. The van der Waals surface area contributed by atoms with E-state index in [-0.39, 0.29) is 17.9 Å². The van der Waals surface area contributed by atoms with Gasteiger partial charge in [-0.15, -0.1) is 0 Å². The monoisotopic (exact) mass is 406 g/mol. The minimum atomic E-state index is -0.327. The Bertz CT molecular complexity index is 924. The van der Waals surface area contributed by atoms with Crippen LogP contribution in [0.25, 0.3) is 10.2 Å². The van der Waals surface area contributed by atoms with E-state index in [1.54, 1.807) is 24.3 Å². The molecule has 2 aromatic carbocycles. The highest BCUT2D eigenvalue weighted by atomic mass is 79.9. The Kier molecular flexibility index (Phi) is 3.97. The second kappa shape index (κ2) is 6.14. The molecule has 122 valence electrons. The summed E-state index contributed by atoms with van der Waals surface area (Å²) in [6, 6.07) is 11.7. The average Bonchev–Trinajstić information content (AvgIpc) is 2.92. The first-order valence-corrected chi connectivity index (χ1v) is 8.97. The number of esters is 1. The second-order valence-corrected chi connectivity index (χ2v) is 7.48. The molecule has 7 heteroatoms. The molecule has 0 radical (unpaired) electrons. The van der Waals surface area contributed by atoms with E-state index in [0.29, 0.717) is 18.7 Å². The third-order valence-electron chi connectivity index (χ3n) is 3.79. The first-order valence-electron chi connectivity index (χ1n) is 7.36. The van der Waals surface area contributed by atoms with Crippen LogP contribution in [0.3, 0.4) is 0 Å². The maximum atomic E-state index is 13.2. The number of benzene rings is 2. The van der Waals surface area contributed by atoms with Gasteiger partial charge in [-0.3, -0.25) is 0 Å². The lowest BCUT2D eigenvalue weighted by Crippen LogP contribution is -2.53. The lowest BCUT2D eigenvalue weighted by atomic mass is 10.2. The predicted molar refractivity (Wildman–Crippen MR) is 95.1 cm³/mol. The number of hydrogen-bond donors (Lipinski definition) is 0. The molecule has 3 aromatic rings. The number of hydrogen-bond acceptors (Lipinski definition) is 5. The van der Waals surface area contributed by atoms with Gasteiger partial charge in [-0.25, -0.2) is 14.2 Å². The molecule has 0 amide bonds. The Morgan fingerprint density at radius 3 is 2.92 bits per heavy atom. The number of carbonyl (C=O) groups is 1. The van der Waals surface area contributed by atoms with Crippen LogP contribution in [0, 0.1) is 5.82 Å². The summed E-state index contributed by atoms with van der Waals surface area (Å²) in [5.74, 6) is -0.588. The smallest absolute Gasteiger partial charge is 0.338 e. The average molecular weight is 407 g/mol. The van der Waals surface area contributed by atoms with Crippen molar-refractivity contribution < 1.29 is 13.9 Å². The second-order valence-electron chi connectivity index (χ2n) is 5.55. The standard InChI is InChI=1S/C17H12BrFN2O2S/c18-11-3-1-2-10(6-11)16(22)23-13-8-21(9-13)17-20-14-5-4-12(19)7-15(14)24-17/h1-7,13H,8-9H2. The molecule has 1 saturated heterocycles. The summed E-state index contributed by atoms with van der Waals surface area (Å²) in [4.78, 5) is 18.6. The normalized spacial score (nSPS) is 14.7. The Labute approximate surface area is 150 Å². The van der Waals surface area contributed by atoms with Crippen LogP contribution in [0.2, 0.25) is 0 Å². The number of halogens is 2. The Morgan fingerprint density at radius 2 is 2.12 bits per heavy atom. The zero-order chi connectivity index (χ0) is 16.7. The molecular weight excluding hydrogens is 395 g/mol. The summed E-state index contributed by atoms with van der Waals surface area (Å²) in [5, 5.41) is 0.824. The molecule has 0 bridgehead atoms. The van der Waals surface area contributed by atoms with E-state index in [2.05, 4.69) is 20.9 Å². The van der Waals surface area contributed by atoms with Crippen LogP contribution in [-0.2, 0) is 4.74 Å². The lowest BCUT2D eigenvalue weighted by Gasteiger charge is -2.38. The van der Waals surface area contributed by atoms with Gasteiger partial charge in [0.2, 0.25) is 0 Å². The molecule has 2 heterocycles. The van der Waals surface area contributed by atoms with Crippen LogP contribution in [-0.4, -0.2) is 30.1 Å². The molecule has 4 nitrogen and oxygen atoms in total. The highest BCUT2D eigenvalue weighted by molar-refractivity contribution is 9.10. The summed E-state index contributed by atoms with van der Waals surface area (Å²) in [7, 11) is 0. The zero-order valence-electron chi connectivity index (χ0n) is 12.4. The fourth-order valence-corrected chi connectivity index (χ4v) is 3.93. The fourth-order valence-electron chi connectivity index (χ4n) is 2.53. The van der Waals surface area contributed by atoms with Crippen LogP contribution in [0.5, 0.6) is 0 Å². The van der Waals surface area contributed by atoms with Crippen molar-refractivity contribution in [2.24, 2.45) is 0 Å². The molecule has 1 aliphatic rings. The van der Waals surface area contributed by atoms with Gasteiger partial charge in [0.15, 0.2) is 5.13 Å². The van der Waals surface area contributed by atoms with E-state index in [4.69, 9.17) is 4.74 Å². The van der Waals surface area contributed by atoms with Gasteiger partial charge in [0, 0.05) is 4.47 Å². The predicted octanol–water partition coefficient (Wildman–Crippen LogP) is 4.24. The maximum absolute atomic E-state index is 13.2. The minimum Gasteiger partial charge on any atom is -0.455 e. The molecule has 4 rings (SSSR count). The number of thiazole rings is 1. The molecule has 0 unspecified atom stereocenters. The van der Waals surface area contributed by atoms with E-state index >= 15 is 0 Å². The molecule has 0 saturated carbocycles. The van der Waals surface area contributed by atoms with Crippen molar-refractivity contribution in [1.29, 1.82) is 0 Å². The van der Waals surface area contributed by atoms with Crippen molar-refractivity contribution in [3.05, 3.63) is 58.3 Å². The molecule has 0 atom stereocenters. The largest absolute Gasteiger partial charge is 0.455 e. The number of aromatic nitrogens is 1. The van der Waals surface area contributed by atoms with Crippen molar-refractivity contribution >= 4 is 48.6 Å². The van der Waals surface area contributed by atoms with Crippen molar-refractivity contribution in [3.63, 3.8) is 0 Å².